The van der Waals surface area contributed by atoms with Gasteiger partial charge in [0.25, 0.3) is 0 Å². The van der Waals surface area contributed by atoms with Crippen LogP contribution in [0.3, 0.4) is 0 Å². The third-order valence-corrected chi connectivity index (χ3v) is 4.67. The van der Waals surface area contributed by atoms with Crippen LogP contribution in [0, 0.1) is 0 Å². The lowest BCUT2D eigenvalue weighted by molar-refractivity contribution is -0.117. The molecule has 0 aliphatic rings. The third-order valence-electron chi connectivity index (χ3n) is 3.93. The number of hydrogen-bond acceptors (Lipinski definition) is 6. The Morgan fingerprint density at radius 1 is 1.16 bits per heavy atom. The zero-order chi connectivity index (χ0) is 17.2. The van der Waals surface area contributed by atoms with Crippen molar-refractivity contribution >= 4 is 34.0 Å². The number of benzene rings is 1. The van der Waals surface area contributed by atoms with E-state index in [4.69, 9.17) is 5.73 Å². The number of ketones is 1. The Morgan fingerprint density at radius 3 is 2.88 bits per heavy atom. The molecule has 7 heteroatoms. The molecule has 124 valence electrons. The summed E-state index contributed by atoms with van der Waals surface area (Å²) < 4.78 is 1.71. The van der Waals surface area contributed by atoms with E-state index in [9.17, 15) is 4.79 Å². The lowest BCUT2D eigenvalue weighted by Crippen LogP contribution is -2.07. The molecule has 0 atom stereocenters. The van der Waals surface area contributed by atoms with Gasteiger partial charge in [-0.25, -0.2) is 14.6 Å². The van der Waals surface area contributed by atoms with E-state index in [2.05, 4.69) is 15.1 Å². The van der Waals surface area contributed by atoms with Gasteiger partial charge in [-0.2, -0.15) is 16.4 Å². The summed E-state index contributed by atoms with van der Waals surface area (Å²) in [6, 6.07) is 9.73. The van der Waals surface area contributed by atoms with E-state index in [0.717, 1.165) is 16.8 Å². The molecule has 0 saturated carbocycles. The molecule has 0 fully saturated rings. The van der Waals surface area contributed by atoms with Crippen molar-refractivity contribution in [2.45, 2.75) is 12.8 Å². The Balaban J connectivity index is 1.60. The van der Waals surface area contributed by atoms with Crippen LogP contribution in [0.2, 0.25) is 0 Å². The lowest BCUT2D eigenvalue weighted by Gasteiger charge is -2.06. The summed E-state index contributed by atoms with van der Waals surface area (Å²) in [7, 11) is 0. The Morgan fingerprint density at radius 2 is 2.04 bits per heavy atom. The standard InChI is InChI=1S/C18H15N5OS/c19-17-16-9-22-23(18(16)21-11-20-17)14-3-1-2-12(6-14)7-15(24)8-13-4-5-25-10-13/h1-6,9-11H,7-8H2,(H2,19,20,21). The minimum absolute atomic E-state index is 0.187. The second-order valence-electron chi connectivity index (χ2n) is 5.75. The van der Waals surface area contributed by atoms with Gasteiger partial charge in [0.1, 0.15) is 17.9 Å². The molecule has 4 aromatic rings. The first-order chi connectivity index (χ1) is 12.2. The summed E-state index contributed by atoms with van der Waals surface area (Å²) in [6.45, 7) is 0. The zero-order valence-corrected chi connectivity index (χ0v) is 14.1. The molecule has 0 bridgehead atoms. The van der Waals surface area contributed by atoms with E-state index in [-0.39, 0.29) is 5.78 Å². The number of Topliss-reactive ketones (excluding diaryl/α,β-unsaturated/α-hetero) is 1. The fourth-order valence-electron chi connectivity index (χ4n) is 2.76. The molecule has 25 heavy (non-hydrogen) atoms. The number of nitrogens with zero attached hydrogens (tertiary/aromatic N) is 4. The van der Waals surface area contributed by atoms with Gasteiger partial charge in [0.15, 0.2) is 5.65 Å². The molecule has 1 aromatic carbocycles. The quantitative estimate of drug-likeness (QED) is 0.599. The maximum absolute atomic E-state index is 12.3. The fourth-order valence-corrected chi connectivity index (χ4v) is 3.43. The van der Waals surface area contributed by atoms with Crippen molar-refractivity contribution in [1.82, 2.24) is 19.7 Å². The molecule has 3 aromatic heterocycles. The summed E-state index contributed by atoms with van der Waals surface area (Å²) in [6.07, 6.45) is 3.92. The topological polar surface area (TPSA) is 86.7 Å². The highest BCUT2D eigenvalue weighted by Gasteiger charge is 2.11. The van der Waals surface area contributed by atoms with Gasteiger partial charge in [-0.3, -0.25) is 4.79 Å². The number of nitrogens with two attached hydrogens (primary N) is 1. The number of anilines is 1. The van der Waals surface area contributed by atoms with Gasteiger partial charge in [-0.1, -0.05) is 12.1 Å². The molecule has 0 saturated heterocycles. The lowest BCUT2D eigenvalue weighted by atomic mass is 10.0. The Labute approximate surface area is 148 Å². The first kappa shape index (κ1) is 15.5. The zero-order valence-electron chi connectivity index (χ0n) is 13.3. The average Bonchev–Trinajstić information content (AvgIpc) is 3.25. The van der Waals surface area contributed by atoms with Crippen molar-refractivity contribution in [3.8, 4) is 5.69 Å². The molecular weight excluding hydrogens is 334 g/mol. The number of nitrogen functional groups attached to an aromatic ring is 1. The Hall–Kier alpha value is -3.06. The van der Waals surface area contributed by atoms with Crippen molar-refractivity contribution in [2.75, 3.05) is 5.73 Å². The second-order valence-corrected chi connectivity index (χ2v) is 6.53. The van der Waals surface area contributed by atoms with Gasteiger partial charge in [-0.15, -0.1) is 0 Å². The van der Waals surface area contributed by atoms with Crippen LogP contribution in [0.25, 0.3) is 16.7 Å². The minimum atomic E-state index is 0.187. The summed E-state index contributed by atoms with van der Waals surface area (Å²) in [5.41, 5.74) is 9.36. The Bertz CT molecular complexity index is 1040. The molecule has 0 aliphatic heterocycles. The molecular formula is C18H15N5OS. The molecule has 0 unspecified atom stereocenters. The van der Waals surface area contributed by atoms with Crippen LogP contribution in [0.5, 0.6) is 0 Å². The predicted octanol–water partition coefficient (Wildman–Crippen LogP) is 2.81. The highest BCUT2D eigenvalue weighted by atomic mass is 32.1. The van der Waals surface area contributed by atoms with Gasteiger partial charge < -0.3 is 5.73 Å². The Kier molecular flexibility index (Phi) is 3.99. The largest absolute Gasteiger partial charge is 0.383 e. The van der Waals surface area contributed by atoms with Crippen molar-refractivity contribution < 1.29 is 4.79 Å². The molecule has 6 nitrogen and oxygen atoms in total. The normalized spacial score (nSPS) is 11.0. The van der Waals surface area contributed by atoms with Crippen LogP contribution in [-0.2, 0) is 17.6 Å². The van der Waals surface area contributed by atoms with Gasteiger partial charge in [0.05, 0.1) is 17.3 Å². The minimum Gasteiger partial charge on any atom is -0.383 e. The number of carbonyl (C=O) groups excluding carboxylic acids is 1. The van der Waals surface area contributed by atoms with Crippen LogP contribution < -0.4 is 5.73 Å². The van der Waals surface area contributed by atoms with Crippen LogP contribution in [0.1, 0.15) is 11.1 Å². The van der Waals surface area contributed by atoms with E-state index in [1.54, 1.807) is 22.2 Å². The van der Waals surface area contributed by atoms with Crippen molar-refractivity contribution in [1.29, 1.82) is 0 Å². The predicted molar refractivity (Wildman–Crippen MR) is 97.8 cm³/mol. The van der Waals surface area contributed by atoms with E-state index >= 15 is 0 Å². The monoisotopic (exact) mass is 349 g/mol. The third kappa shape index (κ3) is 3.14. The molecule has 0 radical (unpaired) electrons. The van der Waals surface area contributed by atoms with Gasteiger partial charge in [0.2, 0.25) is 0 Å². The van der Waals surface area contributed by atoms with Crippen molar-refractivity contribution in [2.24, 2.45) is 0 Å². The molecule has 2 N–H and O–H groups in total. The van der Waals surface area contributed by atoms with Gasteiger partial charge in [0, 0.05) is 12.8 Å². The summed E-state index contributed by atoms with van der Waals surface area (Å²) >= 11 is 1.60. The van der Waals surface area contributed by atoms with Gasteiger partial charge >= 0.3 is 0 Å². The van der Waals surface area contributed by atoms with E-state index in [1.165, 1.54) is 6.33 Å². The van der Waals surface area contributed by atoms with Crippen molar-refractivity contribution in [3.05, 3.63) is 64.7 Å². The van der Waals surface area contributed by atoms with Crippen LogP contribution in [0.15, 0.2) is 53.6 Å². The smallest absolute Gasteiger partial charge is 0.168 e. The molecule has 0 aliphatic carbocycles. The number of aromatic nitrogens is 4. The maximum Gasteiger partial charge on any atom is 0.168 e. The highest BCUT2D eigenvalue weighted by molar-refractivity contribution is 7.08. The first-order valence-corrected chi connectivity index (χ1v) is 8.71. The van der Waals surface area contributed by atoms with E-state index < -0.39 is 0 Å². The van der Waals surface area contributed by atoms with Crippen molar-refractivity contribution in [3.63, 3.8) is 0 Å². The van der Waals surface area contributed by atoms with E-state index in [1.807, 2.05) is 41.1 Å². The highest BCUT2D eigenvalue weighted by Crippen LogP contribution is 2.20. The van der Waals surface area contributed by atoms with E-state index in [0.29, 0.717) is 29.7 Å². The summed E-state index contributed by atoms with van der Waals surface area (Å²) in [5, 5.41) is 9.06. The number of fused-ring (bicyclic) bond motifs is 1. The number of carbonyl (C=O) groups is 1. The molecule has 3 heterocycles. The average molecular weight is 349 g/mol. The summed E-state index contributed by atoms with van der Waals surface area (Å²) in [5.74, 6) is 0.589. The van der Waals surface area contributed by atoms with Crippen LogP contribution >= 0.6 is 11.3 Å². The fraction of sp³-hybridized carbons (Fsp3) is 0.111. The SMILES string of the molecule is Nc1ncnc2c1cnn2-c1cccc(CC(=O)Cc2ccsc2)c1. The number of thiophene rings is 1. The molecule has 4 rings (SSSR count). The van der Waals surface area contributed by atoms with Crippen LogP contribution in [-0.4, -0.2) is 25.5 Å². The number of hydrogen-bond donors (Lipinski definition) is 1. The number of rotatable bonds is 5. The molecule has 0 spiro atoms. The van der Waals surface area contributed by atoms with Crippen LogP contribution in [0.4, 0.5) is 5.82 Å². The molecule has 0 amide bonds. The van der Waals surface area contributed by atoms with Gasteiger partial charge in [-0.05, 0) is 40.1 Å². The summed E-state index contributed by atoms with van der Waals surface area (Å²) in [4.78, 5) is 20.5. The maximum atomic E-state index is 12.3. The first-order valence-electron chi connectivity index (χ1n) is 7.77. The second kappa shape index (κ2) is 6.45.